The van der Waals surface area contributed by atoms with Crippen molar-refractivity contribution < 1.29 is 18.4 Å². The average Bonchev–Trinajstić information content (AvgIpc) is 3.10. The predicted molar refractivity (Wildman–Crippen MR) is 116 cm³/mol. The van der Waals surface area contributed by atoms with Gasteiger partial charge in [-0.1, -0.05) is 17.7 Å². The van der Waals surface area contributed by atoms with E-state index in [4.69, 9.17) is 16.0 Å². The van der Waals surface area contributed by atoms with Gasteiger partial charge in [0.25, 0.3) is 11.8 Å². The number of aryl methyl sites for hydroxylation is 1. The van der Waals surface area contributed by atoms with Gasteiger partial charge in [-0.25, -0.2) is 9.82 Å². The van der Waals surface area contributed by atoms with Gasteiger partial charge in [0.15, 0.2) is 5.76 Å². The molecular formula is C23H19ClFN3O3. The maximum absolute atomic E-state index is 13.1. The summed E-state index contributed by atoms with van der Waals surface area (Å²) in [7, 11) is 0. The number of benzene rings is 2. The molecule has 0 spiro atoms. The summed E-state index contributed by atoms with van der Waals surface area (Å²) in [5, 5.41) is 7.56. The number of rotatable bonds is 4. The number of hydrogen-bond donors (Lipinski definition) is 2. The standard InChI is InChI=1S/C23H19ClFN3O3/c1-13-20-18(27-28-22(29)14-8-10-16(25)11-9-14)6-3-7-19(20)31-21(13)23(30)26-17-5-2-4-15(24)12-17/h2,4-5,8-12H,3,6-7H2,1H3,(H,26,30)(H,28,29)/b27-18+. The minimum absolute atomic E-state index is 0.199. The van der Waals surface area contributed by atoms with Crippen LogP contribution in [0.4, 0.5) is 10.1 Å². The van der Waals surface area contributed by atoms with Crippen molar-refractivity contribution in [3.63, 3.8) is 0 Å². The van der Waals surface area contributed by atoms with E-state index in [1.165, 1.54) is 24.3 Å². The van der Waals surface area contributed by atoms with E-state index >= 15 is 0 Å². The zero-order valence-electron chi connectivity index (χ0n) is 16.7. The molecule has 0 bridgehead atoms. The van der Waals surface area contributed by atoms with Crippen LogP contribution in [0.25, 0.3) is 0 Å². The van der Waals surface area contributed by atoms with E-state index in [-0.39, 0.29) is 11.7 Å². The van der Waals surface area contributed by atoms with Crippen LogP contribution in [0.1, 0.15) is 50.6 Å². The lowest BCUT2D eigenvalue weighted by atomic mass is 9.93. The SMILES string of the molecule is Cc1c(C(=O)Nc2cccc(Cl)c2)oc2c1/C(=N/NC(=O)c1ccc(F)cc1)CCC2. The first-order valence-electron chi connectivity index (χ1n) is 9.74. The Morgan fingerprint density at radius 2 is 1.87 bits per heavy atom. The minimum Gasteiger partial charge on any atom is -0.455 e. The summed E-state index contributed by atoms with van der Waals surface area (Å²) in [6, 6.07) is 12.0. The van der Waals surface area contributed by atoms with Crippen LogP contribution in [0.3, 0.4) is 0 Å². The molecule has 3 aromatic rings. The number of carbonyl (C=O) groups is 2. The van der Waals surface area contributed by atoms with Crippen molar-refractivity contribution in [3.05, 3.63) is 87.6 Å². The van der Waals surface area contributed by atoms with Crippen molar-refractivity contribution in [2.24, 2.45) is 5.10 Å². The van der Waals surface area contributed by atoms with Gasteiger partial charge >= 0.3 is 0 Å². The highest BCUT2D eigenvalue weighted by molar-refractivity contribution is 6.31. The second-order valence-corrected chi connectivity index (χ2v) is 7.62. The highest BCUT2D eigenvalue weighted by atomic mass is 35.5. The van der Waals surface area contributed by atoms with E-state index in [0.29, 0.717) is 46.2 Å². The summed E-state index contributed by atoms with van der Waals surface area (Å²) in [5.41, 5.74) is 5.40. The average molecular weight is 440 g/mol. The fourth-order valence-corrected chi connectivity index (χ4v) is 3.73. The number of nitrogens with one attached hydrogen (secondary N) is 2. The molecule has 0 saturated carbocycles. The topological polar surface area (TPSA) is 83.7 Å². The summed E-state index contributed by atoms with van der Waals surface area (Å²) >= 11 is 5.98. The highest BCUT2D eigenvalue weighted by Crippen LogP contribution is 2.30. The van der Waals surface area contributed by atoms with E-state index < -0.39 is 11.7 Å². The minimum atomic E-state index is -0.445. The zero-order chi connectivity index (χ0) is 22.0. The number of furan rings is 1. The van der Waals surface area contributed by atoms with E-state index in [2.05, 4.69) is 15.8 Å². The molecule has 2 amide bonds. The van der Waals surface area contributed by atoms with Crippen LogP contribution in [0, 0.1) is 12.7 Å². The monoisotopic (exact) mass is 439 g/mol. The molecule has 0 radical (unpaired) electrons. The lowest BCUT2D eigenvalue weighted by Gasteiger charge is -2.13. The molecule has 4 rings (SSSR count). The number of carbonyl (C=O) groups excluding carboxylic acids is 2. The summed E-state index contributed by atoms with van der Waals surface area (Å²) in [6.07, 6.45) is 2.08. The van der Waals surface area contributed by atoms with Crippen molar-refractivity contribution in [2.45, 2.75) is 26.2 Å². The molecule has 0 aliphatic heterocycles. The third-order valence-electron chi connectivity index (χ3n) is 5.01. The Balaban J connectivity index is 1.56. The van der Waals surface area contributed by atoms with Crippen LogP contribution in [0.5, 0.6) is 0 Å². The molecule has 1 aliphatic rings. The second kappa shape index (κ2) is 8.73. The summed E-state index contributed by atoms with van der Waals surface area (Å²) < 4.78 is 18.9. The first-order valence-corrected chi connectivity index (χ1v) is 10.1. The van der Waals surface area contributed by atoms with Crippen molar-refractivity contribution in [1.29, 1.82) is 0 Å². The molecule has 8 heteroatoms. The van der Waals surface area contributed by atoms with Gasteiger partial charge in [-0.05, 0) is 62.2 Å². The molecular weight excluding hydrogens is 421 g/mol. The molecule has 0 atom stereocenters. The van der Waals surface area contributed by atoms with Gasteiger partial charge in [0, 0.05) is 33.8 Å². The van der Waals surface area contributed by atoms with Gasteiger partial charge in [0.1, 0.15) is 11.6 Å². The Kier molecular flexibility index (Phi) is 5.86. The number of fused-ring (bicyclic) bond motifs is 1. The molecule has 6 nitrogen and oxygen atoms in total. The molecule has 0 saturated heterocycles. The largest absolute Gasteiger partial charge is 0.455 e. The second-order valence-electron chi connectivity index (χ2n) is 7.18. The molecule has 2 aromatic carbocycles. The lowest BCUT2D eigenvalue weighted by molar-refractivity contribution is 0.0953. The van der Waals surface area contributed by atoms with Crippen molar-refractivity contribution in [1.82, 2.24) is 5.43 Å². The Hall–Kier alpha value is -3.45. The predicted octanol–water partition coefficient (Wildman–Crippen LogP) is 5.10. The van der Waals surface area contributed by atoms with Gasteiger partial charge in [-0.15, -0.1) is 0 Å². The number of hydrazone groups is 1. The fraction of sp³-hybridized carbons (Fsp3) is 0.174. The van der Waals surface area contributed by atoms with Crippen LogP contribution in [-0.2, 0) is 6.42 Å². The lowest BCUT2D eigenvalue weighted by Crippen LogP contribution is -2.22. The van der Waals surface area contributed by atoms with Gasteiger partial charge < -0.3 is 9.73 Å². The molecule has 1 aliphatic carbocycles. The number of nitrogens with zero attached hydrogens (tertiary/aromatic N) is 1. The van der Waals surface area contributed by atoms with E-state index in [0.717, 1.165) is 12.0 Å². The Labute approximate surface area is 183 Å². The third kappa shape index (κ3) is 4.51. The van der Waals surface area contributed by atoms with Crippen LogP contribution in [-0.4, -0.2) is 17.5 Å². The maximum Gasteiger partial charge on any atom is 0.291 e. The van der Waals surface area contributed by atoms with Crippen LogP contribution in [0.15, 0.2) is 58.0 Å². The summed E-state index contributed by atoms with van der Waals surface area (Å²) in [6.45, 7) is 1.79. The van der Waals surface area contributed by atoms with Crippen molar-refractivity contribution in [2.75, 3.05) is 5.32 Å². The summed E-state index contributed by atoms with van der Waals surface area (Å²) in [4.78, 5) is 25.1. The molecule has 31 heavy (non-hydrogen) atoms. The van der Waals surface area contributed by atoms with Gasteiger partial charge in [0.2, 0.25) is 0 Å². The number of amides is 2. The maximum atomic E-state index is 13.1. The van der Waals surface area contributed by atoms with E-state index in [1.54, 1.807) is 31.2 Å². The first kappa shape index (κ1) is 20.8. The van der Waals surface area contributed by atoms with Crippen molar-refractivity contribution >= 4 is 34.8 Å². The molecule has 1 heterocycles. The van der Waals surface area contributed by atoms with Crippen LogP contribution < -0.4 is 10.7 Å². The highest BCUT2D eigenvalue weighted by Gasteiger charge is 2.28. The van der Waals surface area contributed by atoms with Gasteiger partial charge in [0.05, 0.1) is 5.71 Å². The molecule has 158 valence electrons. The van der Waals surface area contributed by atoms with Crippen LogP contribution >= 0.6 is 11.6 Å². The van der Waals surface area contributed by atoms with Crippen molar-refractivity contribution in [3.8, 4) is 0 Å². The van der Waals surface area contributed by atoms with E-state index in [1.807, 2.05) is 0 Å². The number of halogens is 2. The molecule has 0 fully saturated rings. The fourth-order valence-electron chi connectivity index (χ4n) is 3.53. The Morgan fingerprint density at radius 1 is 1.10 bits per heavy atom. The number of hydrogen-bond acceptors (Lipinski definition) is 4. The summed E-state index contributed by atoms with van der Waals surface area (Å²) in [5.74, 6) is -0.389. The number of anilines is 1. The Morgan fingerprint density at radius 3 is 2.61 bits per heavy atom. The smallest absolute Gasteiger partial charge is 0.291 e. The molecule has 2 N–H and O–H groups in total. The zero-order valence-corrected chi connectivity index (χ0v) is 17.4. The van der Waals surface area contributed by atoms with Crippen LogP contribution in [0.2, 0.25) is 5.02 Å². The molecule has 0 unspecified atom stereocenters. The third-order valence-corrected chi connectivity index (χ3v) is 5.25. The first-order chi connectivity index (χ1) is 14.9. The van der Waals surface area contributed by atoms with E-state index in [9.17, 15) is 14.0 Å². The van der Waals surface area contributed by atoms with Gasteiger partial charge in [-0.2, -0.15) is 5.10 Å². The van der Waals surface area contributed by atoms with Gasteiger partial charge in [-0.3, -0.25) is 9.59 Å². The molecule has 1 aromatic heterocycles. The Bertz CT molecular complexity index is 1190. The quantitative estimate of drug-likeness (QED) is 0.554. The normalized spacial score (nSPS) is 14.2.